The van der Waals surface area contributed by atoms with Gasteiger partial charge < -0.3 is 4.90 Å². The zero-order valence-corrected chi connectivity index (χ0v) is 14.3. The van der Waals surface area contributed by atoms with E-state index >= 15 is 0 Å². The lowest BCUT2D eigenvalue weighted by molar-refractivity contribution is -0.127. The van der Waals surface area contributed by atoms with Gasteiger partial charge in [0.2, 0.25) is 5.91 Å². The average molecular weight is 353 g/mol. The zero-order chi connectivity index (χ0) is 18.4. The Balaban J connectivity index is 1.48. The molecule has 134 valence electrons. The summed E-state index contributed by atoms with van der Waals surface area (Å²) < 4.78 is 12.9. The number of piperazine rings is 1. The number of hydrogen-bond acceptors (Lipinski definition) is 3. The summed E-state index contributed by atoms with van der Waals surface area (Å²) in [6.45, 7) is 2.14. The first-order valence-electron chi connectivity index (χ1n) is 8.45. The number of benzene rings is 2. The van der Waals surface area contributed by atoms with E-state index in [1.807, 2.05) is 30.3 Å². The van der Waals surface area contributed by atoms with Gasteiger partial charge in [-0.1, -0.05) is 30.3 Å². The van der Waals surface area contributed by atoms with Gasteiger partial charge in [0.25, 0.3) is 5.91 Å². The Kier molecular flexibility index (Phi) is 5.76. The molecule has 2 aromatic rings. The van der Waals surface area contributed by atoms with Gasteiger partial charge in [-0.25, -0.2) is 9.40 Å². The van der Waals surface area contributed by atoms with Gasteiger partial charge in [0.1, 0.15) is 5.82 Å². The topological polar surface area (TPSA) is 52.7 Å². The maximum absolute atomic E-state index is 12.9. The van der Waals surface area contributed by atoms with E-state index in [0.717, 1.165) is 5.56 Å². The molecular formula is C20H20FN3O2. The quantitative estimate of drug-likeness (QED) is 0.859. The molecule has 1 aliphatic rings. The minimum Gasteiger partial charge on any atom is -0.336 e. The van der Waals surface area contributed by atoms with Crippen LogP contribution in [-0.2, 0) is 4.79 Å². The van der Waals surface area contributed by atoms with Crippen molar-refractivity contribution in [3.8, 4) is 0 Å². The van der Waals surface area contributed by atoms with E-state index in [0.29, 0.717) is 31.7 Å². The SMILES string of the molecule is O=C(NN1CCN(C(=O)/C=C/c2ccccc2)CC1)c1ccc(F)cc1. The minimum absolute atomic E-state index is 0.0432. The van der Waals surface area contributed by atoms with Crippen molar-refractivity contribution in [3.63, 3.8) is 0 Å². The molecule has 6 heteroatoms. The third-order valence-corrected chi connectivity index (χ3v) is 4.18. The second kappa shape index (κ2) is 8.40. The Hall–Kier alpha value is -2.99. The predicted octanol–water partition coefficient (Wildman–Crippen LogP) is 2.33. The number of nitrogens with one attached hydrogen (secondary N) is 1. The zero-order valence-electron chi connectivity index (χ0n) is 14.3. The molecule has 0 saturated carbocycles. The monoisotopic (exact) mass is 353 g/mol. The molecule has 5 nitrogen and oxygen atoms in total. The Morgan fingerprint density at radius 2 is 1.58 bits per heavy atom. The number of hydrazine groups is 1. The average Bonchev–Trinajstić information content (AvgIpc) is 2.68. The first-order chi connectivity index (χ1) is 12.6. The van der Waals surface area contributed by atoms with E-state index in [9.17, 15) is 14.0 Å². The van der Waals surface area contributed by atoms with E-state index in [1.54, 1.807) is 22.1 Å². The highest BCUT2D eigenvalue weighted by molar-refractivity contribution is 5.94. The summed E-state index contributed by atoms with van der Waals surface area (Å²) in [7, 11) is 0. The largest absolute Gasteiger partial charge is 0.336 e. The summed E-state index contributed by atoms with van der Waals surface area (Å²) in [6, 6.07) is 15.0. The molecule has 2 aromatic carbocycles. The van der Waals surface area contributed by atoms with Crippen LogP contribution >= 0.6 is 0 Å². The van der Waals surface area contributed by atoms with Crippen LogP contribution in [0.2, 0.25) is 0 Å². The summed E-state index contributed by atoms with van der Waals surface area (Å²) in [5, 5.41) is 1.77. The van der Waals surface area contributed by atoms with E-state index in [4.69, 9.17) is 0 Å². The normalized spacial score (nSPS) is 15.2. The molecule has 1 fully saturated rings. The number of amides is 2. The van der Waals surface area contributed by atoms with Crippen LogP contribution in [0.1, 0.15) is 15.9 Å². The fourth-order valence-corrected chi connectivity index (χ4v) is 2.69. The molecule has 2 amide bonds. The van der Waals surface area contributed by atoms with Crippen molar-refractivity contribution in [3.05, 3.63) is 77.6 Å². The second-order valence-corrected chi connectivity index (χ2v) is 6.00. The molecule has 1 aliphatic heterocycles. The lowest BCUT2D eigenvalue weighted by Crippen LogP contribution is -2.54. The molecule has 26 heavy (non-hydrogen) atoms. The standard InChI is InChI=1S/C20H20FN3O2/c21-18-9-7-17(8-10-18)20(26)22-24-14-12-23(13-15-24)19(25)11-6-16-4-2-1-3-5-16/h1-11H,12-15H2,(H,22,26)/b11-6+. The summed E-state index contributed by atoms with van der Waals surface area (Å²) in [4.78, 5) is 26.1. The van der Waals surface area contributed by atoms with Crippen LogP contribution in [0, 0.1) is 5.82 Å². The highest BCUT2D eigenvalue weighted by Gasteiger charge is 2.21. The number of carbonyl (C=O) groups is 2. The Morgan fingerprint density at radius 3 is 2.23 bits per heavy atom. The summed E-state index contributed by atoms with van der Waals surface area (Å²) >= 11 is 0. The van der Waals surface area contributed by atoms with Crippen molar-refractivity contribution < 1.29 is 14.0 Å². The molecule has 1 heterocycles. The van der Waals surface area contributed by atoms with Crippen LogP contribution in [-0.4, -0.2) is 47.9 Å². The highest BCUT2D eigenvalue weighted by atomic mass is 19.1. The van der Waals surface area contributed by atoms with Crippen LogP contribution in [0.3, 0.4) is 0 Å². The third-order valence-electron chi connectivity index (χ3n) is 4.18. The molecule has 0 aliphatic carbocycles. The van der Waals surface area contributed by atoms with Gasteiger partial charge in [-0.2, -0.15) is 0 Å². The maximum atomic E-state index is 12.9. The van der Waals surface area contributed by atoms with Gasteiger partial charge in [-0.15, -0.1) is 0 Å². The molecule has 0 spiro atoms. The van der Waals surface area contributed by atoms with Crippen molar-refractivity contribution in [2.24, 2.45) is 0 Å². The van der Waals surface area contributed by atoms with Gasteiger partial charge in [0.05, 0.1) is 0 Å². The second-order valence-electron chi connectivity index (χ2n) is 6.00. The van der Waals surface area contributed by atoms with E-state index in [-0.39, 0.29) is 17.6 Å². The Morgan fingerprint density at radius 1 is 0.923 bits per heavy atom. The fourth-order valence-electron chi connectivity index (χ4n) is 2.69. The first kappa shape index (κ1) is 17.8. The molecule has 0 radical (unpaired) electrons. The van der Waals surface area contributed by atoms with Crippen molar-refractivity contribution in [1.82, 2.24) is 15.3 Å². The Bertz CT molecular complexity index is 782. The van der Waals surface area contributed by atoms with E-state index < -0.39 is 0 Å². The lowest BCUT2D eigenvalue weighted by atomic mass is 10.2. The van der Waals surface area contributed by atoms with Crippen molar-refractivity contribution in [2.45, 2.75) is 0 Å². The van der Waals surface area contributed by atoms with Crippen molar-refractivity contribution in [1.29, 1.82) is 0 Å². The van der Waals surface area contributed by atoms with Crippen LogP contribution < -0.4 is 5.43 Å². The summed E-state index contributed by atoms with van der Waals surface area (Å²) in [5.41, 5.74) is 4.16. The van der Waals surface area contributed by atoms with Crippen molar-refractivity contribution >= 4 is 17.9 Å². The maximum Gasteiger partial charge on any atom is 0.265 e. The smallest absolute Gasteiger partial charge is 0.265 e. The highest BCUT2D eigenvalue weighted by Crippen LogP contribution is 2.06. The van der Waals surface area contributed by atoms with Gasteiger partial charge in [-0.3, -0.25) is 15.0 Å². The van der Waals surface area contributed by atoms with Gasteiger partial charge in [0, 0.05) is 37.8 Å². The van der Waals surface area contributed by atoms with E-state index in [2.05, 4.69) is 5.43 Å². The first-order valence-corrected chi connectivity index (χ1v) is 8.45. The number of halogens is 1. The minimum atomic E-state index is -0.378. The van der Waals surface area contributed by atoms with Gasteiger partial charge in [-0.05, 0) is 35.9 Å². The summed E-state index contributed by atoms with van der Waals surface area (Å²) in [6.07, 6.45) is 3.37. The molecule has 1 N–H and O–H groups in total. The van der Waals surface area contributed by atoms with Crippen LogP contribution in [0.25, 0.3) is 6.08 Å². The number of carbonyl (C=O) groups excluding carboxylic acids is 2. The molecular weight excluding hydrogens is 333 g/mol. The van der Waals surface area contributed by atoms with Crippen molar-refractivity contribution in [2.75, 3.05) is 26.2 Å². The fraction of sp³-hybridized carbons (Fsp3) is 0.200. The van der Waals surface area contributed by atoms with E-state index in [1.165, 1.54) is 24.3 Å². The summed E-state index contributed by atoms with van der Waals surface area (Å²) in [5.74, 6) is -0.704. The van der Waals surface area contributed by atoms with Crippen LogP contribution in [0.5, 0.6) is 0 Å². The lowest BCUT2D eigenvalue weighted by Gasteiger charge is -2.34. The Labute approximate surface area is 151 Å². The van der Waals surface area contributed by atoms with Crippen LogP contribution in [0.4, 0.5) is 4.39 Å². The number of hydrogen-bond donors (Lipinski definition) is 1. The number of rotatable bonds is 4. The van der Waals surface area contributed by atoms with Gasteiger partial charge >= 0.3 is 0 Å². The molecule has 0 bridgehead atoms. The number of nitrogens with zero attached hydrogens (tertiary/aromatic N) is 2. The van der Waals surface area contributed by atoms with Crippen LogP contribution in [0.15, 0.2) is 60.7 Å². The molecule has 0 atom stereocenters. The predicted molar refractivity (Wildman–Crippen MR) is 97.5 cm³/mol. The van der Waals surface area contributed by atoms with Gasteiger partial charge in [0.15, 0.2) is 0 Å². The molecule has 0 aromatic heterocycles. The molecule has 0 unspecified atom stereocenters. The molecule has 3 rings (SSSR count). The molecule has 1 saturated heterocycles. The third kappa shape index (κ3) is 4.77.